The number of allylic oxidation sites excluding steroid dienone is 2. The molecule has 4 aliphatic rings. The topological polar surface area (TPSA) is 39.2 Å². The Balaban J connectivity index is 1.46. The van der Waals surface area contributed by atoms with Gasteiger partial charge in [-0.15, -0.1) is 0 Å². The van der Waals surface area contributed by atoms with Crippen LogP contribution in [0.3, 0.4) is 0 Å². The van der Waals surface area contributed by atoms with Crippen LogP contribution in [0.4, 0.5) is 0 Å². The Labute approximate surface area is 156 Å². The molecular weight excluding hydrogens is 322 g/mol. The van der Waals surface area contributed by atoms with E-state index in [0.717, 1.165) is 5.92 Å². The lowest BCUT2D eigenvalue weighted by Crippen LogP contribution is -2.54. The molecule has 2 saturated carbocycles. The Bertz CT molecular complexity index is 757. The van der Waals surface area contributed by atoms with Crippen LogP contribution in [0.25, 0.3) is 5.57 Å². The third kappa shape index (κ3) is 2.18. The highest BCUT2D eigenvalue weighted by Crippen LogP contribution is 2.66. The average Bonchev–Trinajstić information content (AvgIpc) is 2.99. The van der Waals surface area contributed by atoms with Gasteiger partial charge in [0, 0.05) is 12.4 Å². The fourth-order valence-corrected chi connectivity index (χ4v) is 7.18. The zero-order valence-corrected chi connectivity index (χ0v) is 15.9. The maximum atomic E-state index is 12.1. The van der Waals surface area contributed by atoms with Gasteiger partial charge in [-0.1, -0.05) is 26.0 Å². The summed E-state index contributed by atoms with van der Waals surface area (Å²) in [6.45, 7) is 5.53. The van der Waals surface area contributed by atoms with Crippen LogP contribution >= 0.6 is 0 Å². The normalized spacial score (nSPS) is 44.4. The van der Waals surface area contributed by atoms with Gasteiger partial charge in [-0.3, -0.25) is 9.78 Å². The molecule has 3 aliphatic carbocycles. The van der Waals surface area contributed by atoms with E-state index in [-0.39, 0.29) is 16.8 Å². The number of cyclic esters (lactones) is 1. The second kappa shape index (κ2) is 5.68. The third-order valence-corrected chi connectivity index (χ3v) is 8.59. The number of aromatic nitrogens is 1. The molecule has 1 aromatic heterocycles. The molecule has 2 heterocycles. The molecule has 0 amide bonds. The van der Waals surface area contributed by atoms with Crippen LogP contribution in [0.2, 0.25) is 0 Å². The van der Waals surface area contributed by atoms with E-state index in [9.17, 15) is 4.79 Å². The van der Waals surface area contributed by atoms with Gasteiger partial charge in [0.05, 0.1) is 13.0 Å². The van der Waals surface area contributed by atoms with E-state index in [2.05, 4.69) is 37.0 Å². The summed E-state index contributed by atoms with van der Waals surface area (Å²) in [6, 6.07) is 4.27. The molecular formula is C23H29NO2. The first-order chi connectivity index (χ1) is 12.5. The maximum absolute atomic E-state index is 12.1. The highest BCUT2D eigenvalue weighted by Gasteiger charge is 2.59. The number of hydrogen-bond donors (Lipinski definition) is 0. The summed E-state index contributed by atoms with van der Waals surface area (Å²) < 4.78 is 5.42. The van der Waals surface area contributed by atoms with E-state index in [4.69, 9.17) is 4.74 Å². The van der Waals surface area contributed by atoms with Crippen LogP contribution in [0.1, 0.15) is 57.9 Å². The first-order valence-electron chi connectivity index (χ1n) is 10.3. The minimum atomic E-state index is 0.0262. The molecule has 0 aromatic carbocycles. The van der Waals surface area contributed by atoms with Gasteiger partial charge in [-0.2, -0.15) is 0 Å². The first kappa shape index (κ1) is 16.5. The van der Waals surface area contributed by atoms with Crippen LogP contribution in [0, 0.1) is 34.5 Å². The number of carbonyl (C=O) groups is 1. The second-order valence-electron chi connectivity index (χ2n) is 9.57. The summed E-state index contributed by atoms with van der Waals surface area (Å²) in [5.41, 5.74) is 3.24. The lowest BCUT2D eigenvalue weighted by Gasteiger charge is -2.59. The Morgan fingerprint density at radius 1 is 1.19 bits per heavy atom. The summed E-state index contributed by atoms with van der Waals surface area (Å²) in [7, 11) is 0. The van der Waals surface area contributed by atoms with Gasteiger partial charge in [0.15, 0.2) is 0 Å². The molecule has 3 heteroatoms. The standard InChI is InChI=1S/C23H29NO2/c1-22-10-9-20-17(6-5-16-14-26-21(25)12-23(16,20)2)19(22)8-7-18(22)15-4-3-11-24-13-15/h3-4,7,11,13,16-17,19-20H,5-6,8-10,12,14H2,1-2H3. The molecule has 0 radical (unpaired) electrons. The van der Waals surface area contributed by atoms with Crippen molar-refractivity contribution in [2.75, 3.05) is 6.61 Å². The van der Waals surface area contributed by atoms with Gasteiger partial charge in [0.2, 0.25) is 0 Å². The van der Waals surface area contributed by atoms with Gasteiger partial charge in [0.1, 0.15) is 0 Å². The van der Waals surface area contributed by atoms with Crippen LogP contribution < -0.4 is 0 Å². The molecule has 138 valence electrons. The molecule has 1 aromatic rings. The van der Waals surface area contributed by atoms with Crippen LogP contribution in [0.5, 0.6) is 0 Å². The van der Waals surface area contributed by atoms with E-state index >= 15 is 0 Å². The van der Waals surface area contributed by atoms with Gasteiger partial charge in [-0.05, 0) is 83.8 Å². The summed E-state index contributed by atoms with van der Waals surface area (Å²) in [5.74, 6) is 2.73. The Kier molecular flexibility index (Phi) is 3.61. The predicted octanol–water partition coefficient (Wildman–Crippen LogP) is 4.88. The number of hydrogen-bond acceptors (Lipinski definition) is 3. The fraction of sp³-hybridized carbons (Fsp3) is 0.652. The predicted molar refractivity (Wildman–Crippen MR) is 101 cm³/mol. The summed E-state index contributed by atoms with van der Waals surface area (Å²) in [6.07, 6.45) is 13.2. The number of ether oxygens (including phenoxy) is 1. The number of carbonyl (C=O) groups excluding carboxylic acids is 1. The largest absolute Gasteiger partial charge is 0.465 e. The van der Waals surface area contributed by atoms with Crippen molar-refractivity contribution >= 4 is 11.5 Å². The summed E-state index contributed by atoms with van der Waals surface area (Å²) in [4.78, 5) is 16.4. The van der Waals surface area contributed by atoms with Crippen molar-refractivity contribution in [1.29, 1.82) is 0 Å². The molecule has 0 N–H and O–H groups in total. The van der Waals surface area contributed by atoms with Crippen molar-refractivity contribution in [3.63, 3.8) is 0 Å². The smallest absolute Gasteiger partial charge is 0.306 e. The molecule has 0 bridgehead atoms. The number of fused-ring (bicyclic) bond motifs is 5. The van der Waals surface area contributed by atoms with E-state index in [0.29, 0.717) is 30.8 Å². The molecule has 26 heavy (non-hydrogen) atoms. The first-order valence-corrected chi connectivity index (χ1v) is 10.3. The van der Waals surface area contributed by atoms with Gasteiger partial charge in [0.25, 0.3) is 0 Å². The lowest BCUT2D eigenvalue weighted by molar-refractivity contribution is -0.175. The highest BCUT2D eigenvalue weighted by atomic mass is 16.5. The molecule has 3 nitrogen and oxygen atoms in total. The van der Waals surface area contributed by atoms with Gasteiger partial charge in [-0.25, -0.2) is 0 Å². The molecule has 1 aliphatic heterocycles. The van der Waals surface area contributed by atoms with Crippen molar-refractivity contribution in [2.24, 2.45) is 34.5 Å². The minimum Gasteiger partial charge on any atom is -0.465 e. The van der Waals surface area contributed by atoms with E-state index in [1.54, 1.807) is 0 Å². The Morgan fingerprint density at radius 2 is 2.08 bits per heavy atom. The fourth-order valence-electron chi connectivity index (χ4n) is 7.18. The van der Waals surface area contributed by atoms with Gasteiger partial charge >= 0.3 is 5.97 Å². The monoisotopic (exact) mass is 351 g/mol. The Morgan fingerprint density at radius 3 is 2.88 bits per heavy atom. The quantitative estimate of drug-likeness (QED) is 0.677. The molecule has 6 atom stereocenters. The third-order valence-electron chi connectivity index (χ3n) is 8.59. The average molecular weight is 351 g/mol. The molecule has 1 saturated heterocycles. The van der Waals surface area contributed by atoms with Gasteiger partial charge < -0.3 is 4.74 Å². The SMILES string of the molecule is CC12CCC3C(CCC4COC(=O)CC43C)C1CC=C2c1cccnc1. The number of pyridine rings is 1. The summed E-state index contributed by atoms with van der Waals surface area (Å²) >= 11 is 0. The zero-order chi connectivity index (χ0) is 17.9. The lowest BCUT2D eigenvalue weighted by atomic mass is 9.46. The van der Waals surface area contributed by atoms with Crippen molar-refractivity contribution in [2.45, 2.75) is 52.4 Å². The van der Waals surface area contributed by atoms with Crippen molar-refractivity contribution in [3.05, 3.63) is 36.2 Å². The minimum absolute atomic E-state index is 0.0262. The van der Waals surface area contributed by atoms with Crippen molar-refractivity contribution < 1.29 is 9.53 Å². The number of rotatable bonds is 1. The van der Waals surface area contributed by atoms with E-state index in [1.165, 1.54) is 43.2 Å². The van der Waals surface area contributed by atoms with Crippen molar-refractivity contribution in [1.82, 2.24) is 4.98 Å². The Hall–Kier alpha value is -1.64. The van der Waals surface area contributed by atoms with Crippen LogP contribution in [-0.2, 0) is 9.53 Å². The second-order valence-corrected chi connectivity index (χ2v) is 9.57. The molecule has 3 fully saturated rings. The van der Waals surface area contributed by atoms with E-state index in [1.807, 2.05) is 12.4 Å². The molecule has 0 spiro atoms. The van der Waals surface area contributed by atoms with Crippen LogP contribution in [0.15, 0.2) is 30.6 Å². The molecule has 6 unspecified atom stereocenters. The maximum Gasteiger partial charge on any atom is 0.306 e. The zero-order valence-electron chi connectivity index (χ0n) is 15.9. The van der Waals surface area contributed by atoms with Crippen LogP contribution in [-0.4, -0.2) is 17.6 Å². The van der Waals surface area contributed by atoms with E-state index < -0.39 is 0 Å². The molecule has 5 rings (SSSR count). The van der Waals surface area contributed by atoms with Crippen molar-refractivity contribution in [3.8, 4) is 0 Å². The highest BCUT2D eigenvalue weighted by molar-refractivity contribution is 5.73. The number of esters is 1. The summed E-state index contributed by atoms with van der Waals surface area (Å²) in [5, 5.41) is 0. The number of nitrogens with zero attached hydrogens (tertiary/aromatic N) is 1.